The van der Waals surface area contributed by atoms with Gasteiger partial charge in [0, 0.05) is 28.6 Å². The number of aromatic nitrogens is 1. The number of hydrogen-bond donors (Lipinski definition) is 3. The molecule has 5 nitrogen and oxygen atoms in total. The first-order valence-electron chi connectivity index (χ1n) is 6.81. The van der Waals surface area contributed by atoms with Gasteiger partial charge in [0.25, 0.3) is 0 Å². The van der Waals surface area contributed by atoms with Gasteiger partial charge in [-0.25, -0.2) is 0 Å². The van der Waals surface area contributed by atoms with Crippen molar-refractivity contribution in [2.24, 2.45) is 0 Å². The molecule has 2 aromatic carbocycles. The molecule has 1 aliphatic rings. The van der Waals surface area contributed by atoms with Crippen LogP contribution in [0.5, 0.6) is 17.2 Å². The monoisotopic (exact) mass is 371 g/mol. The zero-order chi connectivity index (χ0) is 16.1. The fourth-order valence-electron chi connectivity index (χ4n) is 2.68. The van der Waals surface area contributed by atoms with Gasteiger partial charge in [-0.15, -0.1) is 0 Å². The van der Waals surface area contributed by atoms with Gasteiger partial charge in [0.2, 0.25) is 5.78 Å². The van der Waals surface area contributed by atoms with Gasteiger partial charge in [-0.05, 0) is 28.1 Å². The number of benzene rings is 2. The molecule has 6 heteroatoms. The van der Waals surface area contributed by atoms with Crippen LogP contribution >= 0.6 is 15.9 Å². The number of phenolic OH excluding ortho intramolecular Hbond substituents is 2. The molecule has 0 spiro atoms. The van der Waals surface area contributed by atoms with Gasteiger partial charge >= 0.3 is 0 Å². The molecule has 114 valence electrons. The van der Waals surface area contributed by atoms with Crippen LogP contribution in [0.15, 0.2) is 46.8 Å². The smallest absolute Gasteiger partial charge is 0.235 e. The SMILES string of the molecule is O=C1C(=Cc2c(Br)[nH]c3ccccc23)Oc2cc(O)cc(O)c21. The molecule has 0 unspecified atom stereocenters. The van der Waals surface area contributed by atoms with Crippen molar-refractivity contribution in [3.63, 3.8) is 0 Å². The highest BCUT2D eigenvalue weighted by Gasteiger charge is 2.31. The predicted molar refractivity (Wildman–Crippen MR) is 88.7 cm³/mol. The first-order chi connectivity index (χ1) is 11.0. The molecule has 0 aliphatic carbocycles. The molecule has 2 heterocycles. The van der Waals surface area contributed by atoms with Crippen LogP contribution in [0.1, 0.15) is 15.9 Å². The summed E-state index contributed by atoms with van der Waals surface area (Å²) in [6.45, 7) is 0. The number of ketones is 1. The average Bonchev–Trinajstić information content (AvgIpc) is 2.98. The highest BCUT2D eigenvalue weighted by Crippen LogP contribution is 2.41. The number of para-hydroxylation sites is 1. The number of phenols is 2. The molecule has 3 N–H and O–H groups in total. The number of Topliss-reactive ketones (excluding diaryl/α,β-unsaturated/α-hetero) is 1. The number of H-pyrrole nitrogens is 1. The van der Waals surface area contributed by atoms with Crippen molar-refractivity contribution in [3.05, 3.63) is 57.9 Å². The number of rotatable bonds is 1. The van der Waals surface area contributed by atoms with E-state index in [2.05, 4.69) is 20.9 Å². The molecule has 3 aromatic rings. The quantitative estimate of drug-likeness (QED) is 0.565. The van der Waals surface area contributed by atoms with Crippen molar-refractivity contribution in [1.29, 1.82) is 0 Å². The van der Waals surface area contributed by atoms with Gasteiger partial charge < -0.3 is 19.9 Å². The van der Waals surface area contributed by atoms with Gasteiger partial charge in [0.1, 0.15) is 22.8 Å². The average molecular weight is 372 g/mol. The Morgan fingerprint density at radius 1 is 1.17 bits per heavy atom. The molecule has 0 saturated heterocycles. The van der Waals surface area contributed by atoms with Crippen molar-refractivity contribution in [3.8, 4) is 17.2 Å². The van der Waals surface area contributed by atoms with Crippen molar-refractivity contribution >= 4 is 38.7 Å². The predicted octanol–water partition coefficient (Wildman–Crippen LogP) is 3.96. The van der Waals surface area contributed by atoms with Gasteiger partial charge in [-0.2, -0.15) is 0 Å². The summed E-state index contributed by atoms with van der Waals surface area (Å²) >= 11 is 3.44. The summed E-state index contributed by atoms with van der Waals surface area (Å²) < 4.78 is 6.24. The lowest BCUT2D eigenvalue weighted by molar-refractivity contribution is 0.101. The highest BCUT2D eigenvalue weighted by molar-refractivity contribution is 9.10. The van der Waals surface area contributed by atoms with Crippen LogP contribution in [-0.4, -0.2) is 21.0 Å². The van der Waals surface area contributed by atoms with Crippen LogP contribution in [0, 0.1) is 0 Å². The third kappa shape index (κ3) is 2.10. The summed E-state index contributed by atoms with van der Waals surface area (Å²) in [5.41, 5.74) is 1.76. The molecule has 0 amide bonds. The number of aromatic hydroxyl groups is 2. The second-order valence-electron chi connectivity index (χ2n) is 5.18. The van der Waals surface area contributed by atoms with E-state index in [1.54, 1.807) is 6.08 Å². The largest absolute Gasteiger partial charge is 0.508 e. The molecular formula is C17H10BrNO4. The van der Waals surface area contributed by atoms with E-state index in [1.807, 2.05) is 24.3 Å². The summed E-state index contributed by atoms with van der Waals surface area (Å²) in [5, 5.41) is 20.3. The molecule has 0 atom stereocenters. The maximum Gasteiger partial charge on any atom is 0.235 e. The fraction of sp³-hybridized carbons (Fsp3) is 0. The van der Waals surface area contributed by atoms with E-state index in [0.29, 0.717) is 0 Å². The Morgan fingerprint density at radius 2 is 1.96 bits per heavy atom. The van der Waals surface area contributed by atoms with Crippen molar-refractivity contribution < 1.29 is 19.7 Å². The summed E-state index contributed by atoms with van der Waals surface area (Å²) in [6, 6.07) is 10.1. The van der Waals surface area contributed by atoms with Gasteiger partial charge in [0.05, 0.1) is 4.60 Å². The second kappa shape index (κ2) is 4.89. The van der Waals surface area contributed by atoms with Crippen LogP contribution < -0.4 is 4.74 Å². The Hall–Kier alpha value is -2.73. The molecule has 0 bridgehead atoms. The zero-order valence-electron chi connectivity index (χ0n) is 11.6. The first kappa shape index (κ1) is 13.9. The minimum Gasteiger partial charge on any atom is -0.508 e. The highest BCUT2D eigenvalue weighted by atomic mass is 79.9. The lowest BCUT2D eigenvalue weighted by Gasteiger charge is -2.00. The fourth-order valence-corrected chi connectivity index (χ4v) is 3.22. The number of halogens is 1. The number of carbonyl (C=O) groups excluding carboxylic acids is 1. The topological polar surface area (TPSA) is 82.6 Å². The van der Waals surface area contributed by atoms with Crippen LogP contribution in [0.4, 0.5) is 0 Å². The molecule has 0 fully saturated rings. The Kier molecular flexibility index (Phi) is 2.96. The van der Waals surface area contributed by atoms with Crippen LogP contribution in [0.25, 0.3) is 17.0 Å². The Balaban J connectivity index is 1.86. The zero-order valence-corrected chi connectivity index (χ0v) is 13.2. The number of fused-ring (bicyclic) bond motifs is 2. The Morgan fingerprint density at radius 3 is 2.78 bits per heavy atom. The van der Waals surface area contributed by atoms with E-state index in [4.69, 9.17) is 4.74 Å². The van der Waals surface area contributed by atoms with E-state index in [9.17, 15) is 15.0 Å². The lowest BCUT2D eigenvalue weighted by atomic mass is 10.1. The third-order valence-electron chi connectivity index (χ3n) is 3.71. The molecule has 0 saturated carbocycles. The van der Waals surface area contributed by atoms with E-state index >= 15 is 0 Å². The number of nitrogens with one attached hydrogen (secondary N) is 1. The third-order valence-corrected chi connectivity index (χ3v) is 4.34. The number of hydrogen-bond acceptors (Lipinski definition) is 4. The molecule has 1 aromatic heterocycles. The first-order valence-corrected chi connectivity index (χ1v) is 7.60. The van der Waals surface area contributed by atoms with E-state index in [0.717, 1.165) is 27.1 Å². The molecule has 0 radical (unpaired) electrons. The van der Waals surface area contributed by atoms with Crippen LogP contribution in [0.3, 0.4) is 0 Å². The second-order valence-corrected chi connectivity index (χ2v) is 5.97. The van der Waals surface area contributed by atoms with E-state index < -0.39 is 5.78 Å². The van der Waals surface area contributed by atoms with Crippen molar-refractivity contribution in [1.82, 2.24) is 4.98 Å². The van der Waals surface area contributed by atoms with Crippen molar-refractivity contribution in [2.45, 2.75) is 0 Å². The molecular weight excluding hydrogens is 362 g/mol. The van der Waals surface area contributed by atoms with Gasteiger partial charge in [0.15, 0.2) is 5.76 Å². The van der Waals surface area contributed by atoms with Gasteiger partial charge in [-0.1, -0.05) is 18.2 Å². The van der Waals surface area contributed by atoms with E-state index in [-0.39, 0.29) is 28.6 Å². The van der Waals surface area contributed by atoms with Gasteiger partial charge in [-0.3, -0.25) is 4.79 Å². The molecule has 4 rings (SSSR count). The summed E-state index contributed by atoms with van der Waals surface area (Å²) in [6.07, 6.45) is 1.61. The minimum absolute atomic E-state index is 0.0602. The summed E-state index contributed by atoms with van der Waals surface area (Å²) in [7, 11) is 0. The normalized spacial score (nSPS) is 15.2. The van der Waals surface area contributed by atoms with Crippen molar-refractivity contribution in [2.75, 3.05) is 0 Å². The maximum absolute atomic E-state index is 12.4. The van der Waals surface area contributed by atoms with E-state index in [1.165, 1.54) is 6.07 Å². The summed E-state index contributed by atoms with van der Waals surface area (Å²) in [5.74, 6) is -0.647. The number of carbonyl (C=O) groups is 1. The Bertz CT molecular complexity index is 1000. The number of allylic oxidation sites excluding steroid dienone is 1. The minimum atomic E-state index is -0.422. The molecule has 1 aliphatic heterocycles. The molecule has 23 heavy (non-hydrogen) atoms. The summed E-state index contributed by atoms with van der Waals surface area (Å²) in [4.78, 5) is 15.6. The lowest BCUT2D eigenvalue weighted by Crippen LogP contribution is -1.98. The van der Waals surface area contributed by atoms with Crippen LogP contribution in [-0.2, 0) is 0 Å². The Labute approximate surface area is 139 Å². The maximum atomic E-state index is 12.4. The standard InChI is InChI=1S/C17H10BrNO4/c18-17-10(9-3-1-2-4-11(9)19-17)7-14-16(22)15-12(21)5-8(20)6-13(15)23-14/h1-7,19-21H. The van der Waals surface area contributed by atoms with Crippen LogP contribution in [0.2, 0.25) is 0 Å². The number of ether oxygens (including phenoxy) is 1. The number of aromatic amines is 1.